The maximum Gasteiger partial charge on any atom is 0.416 e. The van der Waals surface area contributed by atoms with Gasteiger partial charge in [-0.3, -0.25) is 0 Å². The fraction of sp³-hybridized carbons (Fsp3) is 0.600. The molecule has 0 spiro atoms. The van der Waals surface area contributed by atoms with Crippen LogP contribution in [0, 0.1) is 11.7 Å². The van der Waals surface area contributed by atoms with Crippen molar-refractivity contribution >= 4 is 0 Å². The molecule has 1 aromatic carbocycles. The lowest BCUT2D eigenvalue weighted by atomic mass is 9.97. The van der Waals surface area contributed by atoms with E-state index in [9.17, 15) is 17.6 Å². The lowest BCUT2D eigenvalue weighted by Crippen LogP contribution is -2.34. The number of piperidine rings is 1. The molecule has 1 saturated heterocycles. The molecule has 2 rings (SSSR count). The van der Waals surface area contributed by atoms with Crippen LogP contribution in [-0.4, -0.2) is 31.6 Å². The third-order valence-corrected chi connectivity index (χ3v) is 3.85. The van der Waals surface area contributed by atoms with Gasteiger partial charge in [0.2, 0.25) is 0 Å². The minimum Gasteiger partial charge on any atom is -0.317 e. The Kier molecular flexibility index (Phi) is 5.22. The summed E-state index contributed by atoms with van der Waals surface area (Å²) >= 11 is 0. The number of benzene rings is 1. The second-order valence-electron chi connectivity index (χ2n) is 5.69. The molecule has 2 nitrogen and oxygen atoms in total. The van der Waals surface area contributed by atoms with E-state index in [-0.39, 0.29) is 12.1 Å². The molecular weight excluding hydrogens is 284 g/mol. The fourth-order valence-corrected chi connectivity index (χ4v) is 2.81. The molecule has 1 aliphatic rings. The number of nitrogens with one attached hydrogen (secondary N) is 1. The van der Waals surface area contributed by atoms with Gasteiger partial charge in [-0.05, 0) is 56.6 Å². The van der Waals surface area contributed by atoms with Crippen LogP contribution < -0.4 is 5.32 Å². The molecule has 1 aliphatic heterocycles. The van der Waals surface area contributed by atoms with Gasteiger partial charge in [0.05, 0.1) is 5.56 Å². The summed E-state index contributed by atoms with van der Waals surface area (Å²) in [5, 5.41) is 3.26. The Hall–Kier alpha value is -1.14. The largest absolute Gasteiger partial charge is 0.416 e. The Morgan fingerprint density at radius 2 is 1.90 bits per heavy atom. The van der Waals surface area contributed by atoms with Crippen LogP contribution in [0.4, 0.5) is 17.6 Å². The molecule has 0 atom stereocenters. The second kappa shape index (κ2) is 6.75. The molecule has 6 heteroatoms. The van der Waals surface area contributed by atoms with Gasteiger partial charge in [-0.2, -0.15) is 13.2 Å². The summed E-state index contributed by atoms with van der Waals surface area (Å²) in [6, 6.07) is 2.90. The summed E-state index contributed by atoms with van der Waals surface area (Å²) in [4.78, 5) is 1.89. The average Bonchev–Trinajstić information content (AvgIpc) is 2.40. The first-order valence-corrected chi connectivity index (χ1v) is 7.11. The predicted molar refractivity (Wildman–Crippen MR) is 73.3 cm³/mol. The van der Waals surface area contributed by atoms with Gasteiger partial charge in [0.1, 0.15) is 5.82 Å². The Labute approximate surface area is 122 Å². The van der Waals surface area contributed by atoms with Gasteiger partial charge < -0.3 is 10.2 Å². The molecule has 0 unspecified atom stereocenters. The van der Waals surface area contributed by atoms with Crippen molar-refractivity contribution in [3.63, 3.8) is 0 Å². The average molecular weight is 304 g/mol. The zero-order valence-corrected chi connectivity index (χ0v) is 12.0. The minimum atomic E-state index is -4.52. The van der Waals surface area contributed by atoms with Gasteiger partial charge in [0.15, 0.2) is 0 Å². The summed E-state index contributed by atoms with van der Waals surface area (Å²) in [5.41, 5.74) is -0.750. The van der Waals surface area contributed by atoms with Crippen molar-refractivity contribution in [1.82, 2.24) is 10.2 Å². The Balaban J connectivity index is 2.04. The maximum atomic E-state index is 13.1. The molecular formula is C15H20F4N2. The van der Waals surface area contributed by atoms with E-state index in [1.807, 2.05) is 11.9 Å². The molecule has 0 radical (unpaired) electrons. The van der Waals surface area contributed by atoms with Gasteiger partial charge in [-0.25, -0.2) is 4.39 Å². The van der Waals surface area contributed by atoms with E-state index in [4.69, 9.17) is 0 Å². The van der Waals surface area contributed by atoms with Crippen molar-refractivity contribution in [2.45, 2.75) is 25.6 Å². The molecule has 21 heavy (non-hydrogen) atoms. The molecule has 0 bridgehead atoms. The maximum absolute atomic E-state index is 13.1. The van der Waals surface area contributed by atoms with Crippen LogP contribution >= 0.6 is 0 Å². The van der Waals surface area contributed by atoms with E-state index in [0.29, 0.717) is 12.0 Å². The zero-order chi connectivity index (χ0) is 15.5. The molecule has 0 amide bonds. The van der Waals surface area contributed by atoms with Crippen LogP contribution in [0.25, 0.3) is 0 Å². The smallest absolute Gasteiger partial charge is 0.317 e. The first-order chi connectivity index (χ1) is 9.86. The number of alkyl halides is 3. The number of nitrogens with zero attached hydrogens (tertiary/aromatic N) is 1. The van der Waals surface area contributed by atoms with E-state index in [2.05, 4.69) is 5.32 Å². The molecule has 0 aromatic heterocycles. The van der Waals surface area contributed by atoms with E-state index < -0.39 is 17.6 Å². The van der Waals surface area contributed by atoms with Crippen molar-refractivity contribution in [3.8, 4) is 0 Å². The van der Waals surface area contributed by atoms with Crippen LogP contribution in [0.3, 0.4) is 0 Å². The molecule has 1 aromatic rings. The lowest BCUT2D eigenvalue weighted by molar-refractivity contribution is -0.138. The summed E-state index contributed by atoms with van der Waals surface area (Å²) in [5.74, 6) is -0.349. The summed E-state index contributed by atoms with van der Waals surface area (Å²) in [6.45, 7) is 2.86. The third kappa shape index (κ3) is 4.68. The topological polar surface area (TPSA) is 15.3 Å². The monoisotopic (exact) mass is 304 g/mol. The quantitative estimate of drug-likeness (QED) is 0.859. The van der Waals surface area contributed by atoms with Crippen molar-refractivity contribution < 1.29 is 17.6 Å². The van der Waals surface area contributed by atoms with Crippen LogP contribution in [0.2, 0.25) is 0 Å². The van der Waals surface area contributed by atoms with Gasteiger partial charge in [0, 0.05) is 13.1 Å². The van der Waals surface area contributed by atoms with E-state index in [0.717, 1.165) is 38.5 Å². The van der Waals surface area contributed by atoms with E-state index in [1.165, 1.54) is 6.07 Å². The van der Waals surface area contributed by atoms with Crippen molar-refractivity contribution in [2.24, 2.45) is 5.92 Å². The van der Waals surface area contributed by atoms with Crippen LogP contribution in [0.15, 0.2) is 18.2 Å². The first kappa shape index (κ1) is 16.2. The number of hydrogen-bond acceptors (Lipinski definition) is 2. The Morgan fingerprint density at radius 3 is 2.52 bits per heavy atom. The fourth-order valence-electron chi connectivity index (χ4n) is 2.81. The highest BCUT2D eigenvalue weighted by atomic mass is 19.4. The van der Waals surface area contributed by atoms with E-state index >= 15 is 0 Å². The molecule has 1 heterocycles. The number of rotatable bonds is 4. The van der Waals surface area contributed by atoms with Crippen LogP contribution in [0.5, 0.6) is 0 Å². The highest BCUT2D eigenvalue weighted by Gasteiger charge is 2.34. The van der Waals surface area contributed by atoms with E-state index in [1.54, 1.807) is 0 Å². The molecule has 1 fully saturated rings. The van der Waals surface area contributed by atoms with Crippen molar-refractivity contribution in [3.05, 3.63) is 35.1 Å². The van der Waals surface area contributed by atoms with Crippen molar-refractivity contribution in [1.29, 1.82) is 0 Å². The van der Waals surface area contributed by atoms with Crippen LogP contribution in [-0.2, 0) is 12.7 Å². The number of halogens is 4. The van der Waals surface area contributed by atoms with Gasteiger partial charge in [-0.1, -0.05) is 6.07 Å². The van der Waals surface area contributed by atoms with Crippen molar-refractivity contribution in [2.75, 3.05) is 26.7 Å². The molecule has 118 valence electrons. The highest BCUT2D eigenvalue weighted by molar-refractivity contribution is 5.30. The molecule has 1 N–H and O–H groups in total. The Bertz CT molecular complexity index is 467. The first-order valence-electron chi connectivity index (χ1n) is 7.11. The summed E-state index contributed by atoms with van der Waals surface area (Å²) < 4.78 is 51.9. The van der Waals surface area contributed by atoms with Gasteiger partial charge >= 0.3 is 6.18 Å². The highest BCUT2D eigenvalue weighted by Crippen LogP contribution is 2.33. The zero-order valence-electron chi connectivity index (χ0n) is 12.0. The van der Waals surface area contributed by atoms with Crippen LogP contribution in [0.1, 0.15) is 24.0 Å². The minimum absolute atomic E-state index is 0.125. The van der Waals surface area contributed by atoms with Gasteiger partial charge in [0.25, 0.3) is 0 Å². The lowest BCUT2D eigenvalue weighted by Gasteiger charge is -2.28. The molecule has 0 saturated carbocycles. The SMILES string of the molecule is CN(Cc1ccc(F)cc1C(F)(F)F)CC1CCNCC1. The normalized spacial score (nSPS) is 17.4. The third-order valence-electron chi connectivity index (χ3n) is 3.85. The standard InChI is InChI=1S/C15H20F4N2/c1-21(9-11-4-6-20-7-5-11)10-12-2-3-13(16)8-14(12)15(17,18)19/h2-3,8,11,20H,4-7,9-10H2,1H3. The molecule has 0 aliphatic carbocycles. The summed E-state index contributed by atoms with van der Waals surface area (Å²) in [7, 11) is 1.81. The van der Waals surface area contributed by atoms with Gasteiger partial charge in [-0.15, -0.1) is 0 Å². The predicted octanol–water partition coefficient (Wildman–Crippen LogP) is 3.28. The Morgan fingerprint density at radius 1 is 1.24 bits per heavy atom. The second-order valence-corrected chi connectivity index (χ2v) is 5.69. The summed E-state index contributed by atoms with van der Waals surface area (Å²) in [6.07, 6.45) is -2.44. The number of hydrogen-bond donors (Lipinski definition) is 1.